The van der Waals surface area contributed by atoms with E-state index in [2.05, 4.69) is 48.4 Å². The Balaban J connectivity index is 1.64. The van der Waals surface area contributed by atoms with Crippen molar-refractivity contribution in [3.63, 3.8) is 0 Å². The lowest BCUT2D eigenvalue weighted by molar-refractivity contribution is -0.131. The van der Waals surface area contributed by atoms with Crippen LogP contribution < -0.4 is 0 Å². The van der Waals surface area contributed by atoms with Crippen molar-refractivity contribution in [3.05, 3.63) is 29.8 Å². The van der Waals surface area contributed by atoms with E-state index in [9.17, 15) is 4.79 Å². The van der Waals surface area contributed by atoms with Crippen LogP contribution in [0, 0.1) is 0 Å². The zero-order valence-corrected chi connectivity index (χ0v) is 17.3. The van der Waals surface area contributed by atoms with Gasteiger partial charge in [-0.2, -0.15) is 4.68 Å². The number of hydrogen-bond acceptors (Lipinski definition) is 5. The summed E-state index contributed by atoms with van der Waals surface area (Å²) in [6.45, 7) is 7.18. The number of amides is 1. The quantitative estimate of drug-likeness (QED) is 0.671. The van der Waals surface area contributed by atoms with Gasteiger partial charge in [-0.15, -0.1) is 5.10 Å². The molecule has 1 heterocycles. The molecule has 0 unspecified atom stereocenters. The van der Waals surface area contributed by atoms with Crippen molar-refractivity contribution < 1.29 is 4.79 Å². The van der Waals surface area contributed by atoms with Crippen LogP contribution in [-0.4, -0.2) is 49.4 Å². The summed E-state index contributed by atoms with van der Waals surface area (Å²) in [6.07, 6.45) is 6.01. The van der Waals surface area contributed by atoms with E-state index in [-0.39, 0.29) is 5.91 Å². The first-order chi connectivity index (χ1) is 13.1. The Bertz CT molecular complexity index is 737. The van der Waals surface area contributed by atoms with Gasteiger partial charge < -0.3 is 4.90 Å². The minimum Gasteiger partial charge on any atom is -0.339 e. The molecule has 1 saturated carbocycles. The average molecular weight is 388 g/mol. The zero-order chi connectivity index (χ0) is 19.2. The SMILES string of the molecule is CCN(C(=O)CSc1nnnn1-c1ccc(C(C)C)cc1)C1CCCCC1. The second-order valence-electron chi connectivity index (χ2n) is 7.38. The zero-order valence-electron chi connectivity index (χ0n) is 16.5. The Hall–Kier alpha value is -1.89. The first-order valence-corrected chi connectivity index (χ1v) is 10.9. The van der Waals surface area contributed by atoms with E-state index in [0.29, 0.717) is 22.9 Å². The molecule has 0 atom stereocenters. The van der Waals surface area contributed by atoms with Gasteiger partial charge >= 0.3 is 0 Å². The lowest BCUT2D eigenvalue weighted by Gasteiger charge is -2.33. The topological polar surface area (TPSA) is 63.9 Å². The summed E-state index contributed by atoms with van der Waals surface area (Å²) in [5, 5.41) is 12.7. The molecule has 2 aromatic rings. The van der Waals surface area contributed by atoms with Gasteiger partial charge in [0.1, 0.15) is 0 Å². The minimum atomic E-state index is 0.180. The fraction of sp³-hybridized carbons (Fsp3) is 0.600. The predicted molar refractivity (Wildman–Crippen MR) is 108 cm³/mol. The second-order valence-corrected chi connectivity index (χ2v) is 8.32. The second kappa shape index (κ2) is 9.35. The molecule has 1 aliphatic rings. The Morgan fingerprint density at radius 3 is 2.56 bits per heavy atom. The molecule has 146 valence electrons. The van der Waals surface area contributed by atoms with Crippen LogP contribution in [0.3, 0.4) is 0 Å². The van der Waals surface area contributed by atoms with Crippen LogP contribution >= 0.6 is 11.8 Å². The van der Waals surface area contributed by atoms with Gasteiger partial charge in [0, 0.05) is 12.6 Å². The molecule has 1 amide bonds. The number of benzene rings is 1. The van der Waals surface area contributed by atoms with Crippen LogP contribution in [0.5, 0.6) is 0 Å². The summed E-state index contributed by atoms with van der Waals surface area (Å²) >= 11 is 1.41. The van der Waals surface area contributed by atoms with Crippen molar-refractivity contribution in [3.8, 4) is 5.69 Å². The van der Waals surface area contributed by atoms with Crippen molar-refractivity contribution in [2.24, 2.45) is 0 Å². The van der Waals surface area contributed by atoms with Crippen molar-refractivity contribution >= 4 is 17.7 Å². The molecule has 0 bridgehead atoms. The Morgan fingerprint density at radius 2 is 1.93 bits per heavy atom. The number of hydrogen-bond donors (Lipinski definition) is 0. The van der Waals surface area contributed by atoms with E-state index in [0.717, 1.165) is 25.1 Å². The number of thioether (sulfide) groups is 1. The number of carbonyl (C=O) groups is 1. The summed E-state index contributed by atoms with van der Waals surface area (Å²) in [5.74, 6) is 1.03. The van der Waals surface area contributed by atoms with Gasteiger partial charge in [0.2, 0.25) is 11.1 Å². The first kappa shape index (κ1) is 19.9. The first-order valence-electron chi connectivity index (χ1n) is 9.91. The maximum atomic E-state index is 12.8. The lowest BCUT2D eigenvalue weighted by Crippen LogP contribution is -2.42. The Morgan fingerprint density at radius 1 is 1.22 bits per heavy atom. The number of aromatic nitrogens is 4. The highest BCUT2D eigenvalue weighted by atomic mass is 32.2. The molecule has 0 saturated heterocycles. The largest absolute Gasteiger partial charge is 0.339 e. The molecule has 0 N–H and O–H groups in total. The van der Waals surface area contributed by atoms with Gasteiger partial charge in [0.05, 0.1) is 11.4 Å². The molecule has 1 aromatic carbocycles. The van der Waals surface area contributed by atoms with Gasteiger partial charge in [0.15, 0.2) is 0 Å². The number of nitrogens with zero attached hydrogens (tertiary/aromatic N) is 5. The highest BCUT2D eigenvalue weighted by molar-refractivity contribution is 7.99. The number of tetrazole rings is 1. The van der Waals surface area contributed by atoms with E-state index in [1.807, 2.05) is 17.0 Å². The normalized spacial score (nSPS) is 15.3. The smallest absolute Gasteiger partial charge is 0.233 e. The number of carbonyl (C=O) groups excluding carboxylic acids is 1. The average Bonchev–Trinajstić information content (AvgIpc) is 3.16. The monoisotopic (exact) mass is 387 g/mol. The Kier molecular flexibility index (Phi) is 6.88. The molecule has 0 aliphatic heterocycles. The maximum Gasteiger partial charge on any atom is 0.233 e. The molecule has 7 heteroatoms. The third-order valence-electron chi connectivity index (χ3n) is 5.25. The fourth-order valence-corrected chi connectivity index (χ4v) is 4.45. The van der Waals surface area contributed by atoms with E-state index in [1.54, 1.807) is 4.68 Å². The van der Waals surface area contributed by atoms with Gasteiger partial charge in [0.25, 0.3) is 0 Å². The van der Waals surface area contributed by atoms with E-state index < -0.39 is 0 Å². The van der Waals surface area contributed by atoms with Crippen LogP contribution in [0.2, 0.25) is 0 Å². The molecule has 6 nitrogen and oxygen atoms in total. The fourth-order valence-electron chi connectivity index (χ4n) is 3.67. The third kappa shape index (κ3) is 4.89. The van der Waals surface area contributed by atoms with Crippen molar-refractivity contribution in [1.29, 1.82) is 0 Å². The minimum absolute atomic E-state index is 0.180. The Labute approximate surface area is 165 Å². The molecule has 1 aromatic heterocycles. The van der Waals surface area contributed by atoms with E-state index >= 15 is 0 Å². The molecule has 0 radical (unpaired) electrons. The van der Waals surface area contributed by atoms with Crippen LogP contribution in [0.1, 0.15) is 64.4 Å². The van der Waals surface area contributed by atoms with Crippen LogP contribution in [-0.2, 0) is 4.79 Å². The molecular weight excluding hydrogens is 358 g/mol. The molecule has 0 spiro atoms. The van der Waals surface area contributed by atoms with Crippen molar-refractivity contribution in [2.45, 2.75) is 70.0 Å². The molecular formula is C20H29N5OS. The van der Waals surface area contributed by atoms with Crippen molar-refractivity contribution in [2.75, 3.05) is 12.3 Å². The van der Waals surface area contributed by atoms with Crippen LogP contribution in [0.15, 0.2) is 29.4 Å². The van der Waals surface area contributed by atoms with E-state index in [4.69, 9.17) is 0 Å². The highest BCUT2D eigenvalue weighted by Crippen LogP contribution is 2.25. The molecule has 1 aliphatic carbocycles. The van der Waals surface area contributed by atoms with Gasteiger partial charge in [-0.05, 0) is 53.8 Å². The van der Waals surface area contributed by atoms with Crippen LogP contribution in [0.4, 0.5) is 0 Å². The molecule has 1 fully saturated rings. The summed E-state index contributed by atoms with van der Waals surface area (Å²) in [6, 6.07) is 8.65. The van der Waals surface area contributed by atoms with Gasteiger partial charge in [-0.25, -0.2) is 0 Å². The van der Waals surface area contributed by atoms with Crippen molar-refractivity contribution in [1.82, 2.24) is 25.1 Å². The lowest BCUT2D eigenvalue weighted by atomic mass is 9.94. The molecule has 3 rings (SSSR count). The molecule has 27 heavy (non-hydrogen) atoms. The van der Waals surface area contributed by atoms with Gasteiger partial charge in [-0.3, -0.25) is 4.79 Å². The highest BCUT2D eigenvalue weighted by Gasteiger charge is 2.24. The summed E-state index contributed by atoms with van der Waals surface area (Å²) in [4.78, 5) is 14.8. The standard InChI is InChI=1S/C20H29N5OS/c1-4-24(17-8-6-5-7-9-17)19(26)14-27-20-21-22-23-25(20)18-12-10-16(11-13-18)15(2)3/h10-13,15,17H,4-9,14H2,1-3H3. The van der Waals surface area contributed by atoms with E-state index in [1.165, 1.54) is 36.6 Å². The predicted octanol–water partition coefficient (Wildman–Crippen LogP) is 4.06. The number of rotatable bonds is 7. The van der Waals surface area contributed by atoms with Crippen LogP contribution in [0.25, 0.3) is 5.69 Å². The van der Waals surface area contributed by atoms with Gasteiger partial charge in [-0.1, -0.05) is 57.0 Å². The maximum absolute atomic E-state index is 12.8. The summed E-state index contributed by atoms with van der Waals surface area (Å²) in [5.41, 5.74) is 2.20. The summed E-state index contributed by atoms with van der Waals surface area (Å²) < 4.78 is 1.71. The summed E-state index contributed by atoms with van der Waals surface area (Å²) in [7, 11) is 0. The third-order valence-corrected chi connectivity index (χ3v) is 6.15.